The van der Waals surface area contributed by atoms with Crippen molar-refractivity contribution in [1.29, 1.82) is 0 Å². The number of anilines is 1. The maximum Gasteiger partial charge on any atom is 1.00 e. The smallest absolute Gasteiger partial charge is 1.00 e. The van der Waals surface area contributed by atoms with E-state index in [4.69, 9.17) is 4.74 Å². The van der Waals surface area contributed by atoms with Crippen molar-refractivity contribution in [1.82, 2.24) is 24.4 Å². The standard InChI is InChI=1S/C26H31FN6O4S.Na.H/c1-26(2,16-32-11-5-12-32)33-13-9-23(30-33)38(35,36)31-25(34)29-24-19-7-4-6-18(19)21(27)15-20(24)17-8-10-28-22(14-17)37-3;;/h8-10,13-15H,4-7,11-12,16H2,1-3H3,(H2,29,31,34);;/q;+1;-1. The van der Waals surface area contributed by atoms with Gasteiger partial charge in [0, 0.05) is 30.6 Å². The van der Waals surface area contributed by atoms with Gasteiger partial charge in [0.15, 0.2) is 5.03 Å². The number of methoxy groups -OCH3 is 1. The Morgan fingerprint density at radius 1 is 1.18 bits per heavy atom. The van der Waals surface area contributed by atoms with Gasteiger partial charge in [-0.3, -0.25) is 4.68 Å². The average Bonchev–Trinajstić information content (AvgIpc) is 3.54. The first-order valence-electron chi connectivity index (χ1n) is 12.5. The maximum absolute atomic E-state index is 14.9. The van der Waals surface area contributed by atoms with Crippen molar-refractivity contribution in [2.75, 3.05) is 32.1 Å². The minimum atomic E-state index is -4.26. The molecule has 39 heavy (non-hydrogen) atoms. The maximum atomic E-state index is 14.9. The molecule has 0 unspecified atom stereocenters. The second-order valence-electron chi connectivity index (χ2n) is 10.3. The quantitative estimate of drug-likeness (QED) is 0.385. The van der Waals surface area contributed by atoms with E-state index in [0.29, 0.717) is 46.7 Å². The molecule has 3 aromatic rings. The average molecular weight is 567 g/mol. The third-order valence-corrected chi connectivity index (χ3v) is 8.31. The third-order valence-electron chi connectivity index (χ3n) is 7.09. The van der Waals surface area contributed by atoms with E-state index in [1.54, 1.807) is 23.0 Å². The predicted molar refractivity (Wildman–Crippen MR) is 141 cm³/mol. The molecule has 204 valence electrons. The van der Waals surface area contributed by atoms with E-state index in [1.807, 2.05) is 13.8 Å². The molecule has 2 aliphatic rings. The van der Waals surface area contributed by atoms with Crippen molar-refractivity contribution in [2.24, 2.45) is 0 Å². The molecule has 1 aliphatic carbocycles. The van der Waals surface area contributed by atoms with Crippen LogP contribution in [0.2, 0.25) is 0 Å². The number of benzene rings is 1. The van der Waals surface area contributed by atoms with Gasteiger partial charge in [-0.15, -0.1) is 0 Å². The summed E-state index contributed by atoms with van der Waals surface area (Å²) in [5.41, 5.74) is 2.10. The summed E-state index contributed by atoms with van der Waals surface area (Å²) in [6, 6.07) is 5.07. The number of hydrogen-bond acceptors (Lipinski definition) is 7. The van der Waals surface area contributed by atoms with E-state index < -0.39 is 21.6 Å². The zero-order valence-electron chi connectivity index (χ0n) is 23.6. The summed E-state index contributed by atoms with van der Waals surface area (Å²) in [5, 5.41) is 6.69. The minimum absolute atomic E-state index is 0. The van der Waals surface area contributed by atoms with Crippen molar-refractivity contribution in [2.45, 2.75) is 50.1 Å². The van der Waals surface area contributed by atoms with E-state index in [0.717, 1.165) is 32.5 Å². The van der Waals surface area contributed by atoms with E-state index >= 15 is 0 Å². The van der Waals surface area contributed by atoms with E-state index in [9.17, 15) is 17.6 Å². The second kappa shape index (κ2) is 11.5. The second-order valence-corrected chi connectivity index (χ2v) is 11.9. The van der Waals surface area contributed by atoms with Crippen LogP contribution in [0.1, 0.15) is 39.2 Å². The van der Waals surface area contributed by atoms with Crippen molar-refractivity contribution in [3.63, 3.8) is 0 Å². The number of rotatable bonds is 8. The van der Waals surface area contributed by atoms with E-state index in [1.165, 1.54) is 25.4 Å². The topological polar surface area (TPSA) is 118 Å². The van der Waals surface area contributed by atoms with Gasteiger partial charge < -0.3 is 16.4 Å². The predicted octanol–water partition coefficient (Wildman–Crippen LogP) is 0.649. The minimum Gasteiger partial charge on any atom is -1.00 e. The molecule has 1 fully saturated rings. The molecule has 5 rings (SSSR count). The van der Waals surface area contributed by atoms with Gasteiger partial charge >= 0.3 is 35.6 Å². The number of nitrogens with zero attached hydrogens (tertiary/aromatic N) is 4. The Morgan fingerprint density at radius 2 is 1.92 bits per heavy atom. The van der Waals surface area contributed by atoms with Gasteiger partial charge in [0.25, 0.3) is 10.0 Å². The van der Waals surface area contributed by atoms with Crippen LogP contribution in [0, 0.1) is 5.82 Å². The number of pyridine rings is 1. The molecule has 0 bridgehead atoms. The summed E-state index contributed by atoms with van der Waals surface area (Å²) in [4.78, 5) is 19.4. The normalized spacial score (nSPS) is 15.2. The first-order chi connectivity index (χ1) is 18.1. The number of nitrogens with one attached hydrogen (secondary N) is 2. The molecule has 2 aromatic heterocycles. The molecule has 1 aromatic carbocycles. The number of amides is 2. The summed E-state index contributed by atoms with van der Waals surface area (Å²) >= 11 is 0. The van der Waals surface area contributed by atoms with Crippen molar-refractivity contribution < 1.29 is 53.3 Å². The fraction of sp³-hybridized carbons (Fsp3) is 0.423. The molecule has 1 aliphatic heterocycles. The van der Waals surface area contributed by atoms with Crippen molar-refractivity contribution >= 4 is 21.7 Å². The van der Waals surface area contributed by atoms with Gasteiger partial charge in [-0.05, 0) is 87.5 Å². The number of aromatic nitrogens is 3. The van der Waals surface area contributed by atoms with Gasteiger partial charge in [-0.1, -0.05) is 0 Å². The van der Waals surface area contributed by atoms with Gasteiger partial charge in [0.05, 0.1) is 18.3 Å². The number of halogens is 1. The van der Waals surface area contributed by atoms with Gasteiger partial charge in [-0.25, -0.2) is 18.9 Å². The molecule has 0 atom stereocenters. The Balaban J connectivity index is 0.00000220. The Morgan fingerprint density at radius 3 is 2.62 bits per heavy atom. The van der Waals surface area contributed by atoms with Crippen LogP contribution in [-0.2, 0) is 28.4 Å². The van der Waals surface area contributed by atoms with E-state index in [2.05, 4.69) is 25.0 Å². The van der Waals surface area contributed by atoms with Crippen LogP contribution in [0.3, 0.4) is 0 Å². The number of hydrogen-bond donors (Lipinski definition) is 2. The number of ether oxygens (including phenoxy) is 1. The largest absolute Gasteiger partial charge is 1.00 e. The fourth-order valence-electron chi connectivity index (χ4n) is 5.05. The molecule has 0 spiro atoms. The van der Waals surface area contributed by atoms with Crippen LogP contribution >= 0.6 is 0 Å². The monoisotopic (exact) mass is 566 g/mol. The number of urea groups is 1. The summed E-state index contributed by atoms with van der Waals surface area (Å²) in [5.74, 6) is -0.0396. The van der Waals surface area contributed by atoms with Crippen LogP contribution < -0.4 is 44.3 Å². The zero-order chi connectivity index (χ0) is 27.1. The Kier molecular flexibility index (Phi) is 8.72. The van der Waals surface area contributed by atoms with Gasteiger partial charge in [-0.2, -0.15) is 13.5 Å². The summed E-state index contributed by atoms with van der Waals surface area (Å²) in [6.07, 6.45) is 6.11. The Labute approximate surface area is 251 Å². The van der Waals surface area contributed by atoms with Crippen LogP contribution in [-0.4, -0.2) is 60.9 Å². The fourth-order valence-corrected chi connectivity index (χ4v) is 5.89. The molecule has 1 saturated heterocycles. The molecular formula is C26H32FN6NaO4S. The number of likely N-dealkylation sites (tertiary alicyclic amines) is 1. The first-order valence-corrected chi connectivity index (χ1v) is 14.0. The summed E-state index contributed by atoms with van der Waals surface area (Å²) in [6.45, 7) is 6.73. The Bertz CT molecular complexity index is 1500. The molecule has 2 N–H and O–H groups in total. The van der Waals surface area contributed by atoms with Crippen molar-refractivity contribution in [3.05, 3.63) is 53.6 Å². The molecule has 10 nitrogen and oxygen atoms in total. The van der Waals surface area contributed by atoms with Gasteiger partial charge in [0.1, 0.15) is 5.82 Å². The number of carbonyl (C=O) groups excluding carboxylic acids is 1. The van der Waals surface area contributed by atoms with Crippen LogP contribution in [0.25, 0.3) is 11.1 Å². The summed E-state index contributed by atoms with van der Waals surface area (Å²) in [7, 11) is -2.79. The third kappa shape index (κ3) is 6.14. The molecule has 13 heteroatoms. The number of sulfonamides is 1. The SMILES string of the molecule is COc1cc(-c2cc(F)c3c(c2NC(=O)NS(=O)(=O)c2ccn(C(C)(C)CN4CCC4)n2)CCC3)ccn1.[H-].[Na+]. The molecular weight excluding hydrogens is 534 g/mol. The molecule has 2 amide bonds. The first kappa shape index (κ1) is 29.5. The molecule has 0 radical (unpaired) electrons. The van der Waals surface area contributed by atoms with Gasteiger partial charge in [0.2, 0.25) is 5.88 Å². The number of fused-ring (bicyclic) bond motifs is 1. The molecule has 0 saturated carbocycles. The number of carbonyl (C=O) groups is 1. The van der Waals surface area contributed by atoms with Crippen LogP contribution in [0.5, 0.6) is 5.88 Å². The van der Waals surface area contributed by atoms with E-state index in [-0.39, 0.29) is 41.8 Å². The van der Waals surface area contributed by atoms with Crippen molar-refractivity contribution in [3.8, 4) is 17.0 Å². The zero-order valence-corrected chi connectivity index (χ0v) is 25.4. The van der Waals surface area contributed by atoms with Crippen LogP contribution in [0.4, 0.5) is 14.9 Å². The summed E-state index contributed by atoms with van der Waals surface area (Å²) < 4.78 is 49.9. The van der Waals surface area contributed by atoms with Crippen LogP contribution in [0.15, 0.2) is 41.7 Å². The Hall–Kier alpha value is -2.51. The molecule has 3 heterocycles.